The van der Waals surface area contributed by atoms with Gasteiger partial charge in [-0.15, -0.1) is 0 Å². The molecule has 0 heterocycles. The molecule has 0 aliphatic heterocycles. The van der Waals surface area contributed by atoms with Crippen LogP contribution in [-0.2, 0) is 5.41 Å². The average Bonchev–Trinajstić information content (AvgIpc) is 3.45. The third-order valence-electron chi connectivity index (χ3n) is 12.0. The van der Waals surface area contributed by atoms with Crippen molar-refractivity contribution in [3.8, 4) is 22.3 Å². The van der Waals surface area contributed by atoms with E-state index in [1.807, 2.05) is 0 Å². The standard InChI is InChI=1S/C53H37N/c1-53(2)49-31-37-17-7-6-16-36(37)30-48(49)51-50(53)32-38-18-8-9-19-41(38)52(51)54(39-26-24-35(25-27-39)34-14-4-3-5-15-34)40-28-29-46-44-22-11-10-20-42(44)43-21-12-13-23-45(43)47(46)33-40/h3-33H,1-2H3. The number of rotatable bonds is 4. The lowest BCUT2D eigenvalue weighted by Crippen LogP contribution is -2.16. The largest absolute Gasteiger partial charge is 0.309 e. The van der Waals surface area contributed by atoms with Gasteiger partial charge in [0.15, 0.2) is 0 Å². The summed E-state index contributed by atoms with van der Waals surface area (Å²) in [7, 11) is 0. The van der Waals surface area contributed by atoms with E-state index in [-0.39, 0.29) is 5.41 Å². The first kappa shape index (κ1) is 30.9. The second kappa shape index (κ2) is 11.7. The molecular formula is C53H37N. The molecule has 10 aromatic rings. The summed E-state index contributed by atoms with van der Waals surface area (Å²) >= 11 is 0. The molecule has 0 fully saturated rings. The monoisotopic (exact) mass is 687 g/mol. The van der Waals surface area contributed by atoms with E-state index < -0.39 is 0 Å². The molecule has 0 N–H and O–H groups in total. The fourth-order valence-corrected chi connectivity index (χ4v) is 9.31. The summed E-state index contributed by atoms with van der Waals surface area (Å²) in [5.74, 6) is 0. The molecule has 0 spiro atoms. The van der Waals surface area contributed by atoms with Crippen LogP contribution in [0.5, 0.6) is 0 Å². The van der Waals surface area contributed by atoms with Gasteiger partial charge in [0.05, 0.1) is 5.69 Å². The Morgan fingerprint density at radius 1 is 0.352 bits per heavy atom. The van der Waals surface area contributed by atoms with Crippen molar-refractivity contribution in [2.75, 3.05) is 4.90 Å². The minimum Gasteiger partial charge on any atom is -0.309 e. The SMILES string of the molecule is CC1(C)c2cc3ccccc3cc2-c2c1cc1ccccc1c2N(c1ccc(-c2ccccc2)cc1)c1ccc2c3ccccc3c3ccccc3c2c1. The Morgan fingerprint density at radius 2 is 0.833 bits per heavy atom. The van der Waals surface area contributed by atoms with Gasteiger partial charge in [0.2, 0.25) is 0 Å². The maximum absolute atomic E-state index is 2.54. The Kier molecular flexibility index (Phi) is 6.66. The molecule has 0 bridgehead atoms. The van der Waals surface area contributed by atoms with Crippen LogP contribution in [0.4, 0.5) is 17.1 Å². The molecule has 0 radical (unpaired) electrons. The molecule has 0 aromatic heterocycles. The summed E-state index contributed by atoms with van der Waals surface area (Å²) in [6, 6.07) is 69.8. The molecule has 0 amide bonds. The van der Waals surface area contributed by atoms with Crippen LogP contribution in [0.1, 0.15) is 25.0 Å². The highest BCUT2D eigenvalue weighted by Gasteiger charge is 2.39. The summed E-state index contributed by atoms with van der Waals surface area (Å²) in [5, 5.41) is 12.7. The van der Waals surface area contributed by atoms with Crippen molar-refractivity contribution in [2.45, 2.75) is 19.3 Å². The van der Waals surface area contributed by atoms with E-state index in [0.29, 0.717) is 0 Å². The lowest BCUT2D eigenvalue weighted by molar-refractivity contribution is 0.662. The molecular weight excluding hydrogens is 651 g/mol. The summed E-state index contributed by atoms with van der Waals surface area (Å²) < 4.78 is 0. The first-order valence-corrected chi connectivity index (χ1v) is 18.9. The summed E-state index contributed by atoms with van der Waals surface area (Å²) in [6.45, 7) is 4.80. The molecule has 254 valence electrons. The van der Waals surface area contributed by atoms with E-state index in [0.717, 1.165) is 11.4 Å². The maximum atomic E-state index is 2.54. The van der Waals surface area contributed by atoms with Crippen molar-refractivity contribution in [1.82, 2.24) is 0 Å². The fraction of sp³-hybridized carbons (Fsp3) is 0.0566. The zero-order valence-corrected chi connectivity index (χ0v) is 30.3. The first-order chi connectivity index (χ1) is 26.5. The average molecular weight is 688 g/mol. The quantitative estimate of drug-likeness (QED) is 0.167. The van der Waals surface area contributed by atoms with Crippen LogP contribution in [0.15, 0.2) is 188 Å². The van der Waals surface area contributed by atoms with Crippen molar-refractivity contribution < 1.29 is 0 Å². The highest BCUT2D eigenvalue weighted by Crippen LogP contribution is 2.57. The van der Waals surface area contributed by atoms with Gasteiger partial charge in [0.25, 0.3) is 0 Å². The molecule has 1 aliphatic rings. The van der Waals surface area contributed by atoms with Gasteiger partial charge in [-0.1, -0.05) is 159 Å². The normalized spacial score (nSPS) is 13.1. The number of anilines is 3. The molecule has 0 saturated carbocycles. The van der Waals surface area contributed by atoms with Gasteiger partial charge in [-0.2, -0.15) is 0 Å². The van der Waals surface area contributed by atoms with Gasteiger partial charge < -0.3 is 4.90 Å². The zero-order valence-electron chi connectivity index (χ0n) is 30.3. The van der Waals surface area contributed by atoms with E-state index in [4.69, 9.17) is 0 Å². The van der Waals surface area contributed by atoms with Crippen LogP contribution in [0, 0.1) is 0 Å². The van der Waals surface area contributed by atoms with Crippen molar-refractivity contribution >= 4 is 70.9 Å². The van der Waals surface area contributed by atoms with E-state index in [2.05, 4.69) is 207 Å². The van der Waals surface area contributed by atoms with Crippen molar-refractivity contribution in [1.29, 1.82) is 0 Å². The number of hydrogen-bond donors (Lipinski definition) is 0. The van der Waals surface area contributed by atoms with Crippen molar-refractivity contribution in [2.24, 2.45) is 0 Å². The lowest BCUT2D eigenvalue weighted by Gasteiger charge is -2.31. The molecule has 1 nitrogen and oxygen atoms in total. The van der Waals surface area contributed by atoms with E-state index in [1.54, 1.807) is 0 Å². The van der Waals surface area contributed by atoms with Gasteiger partial charge >= 0.3 is 0 Å². The highest BCUT2D eigenvalue weighted by atomic mass is 15.1. The van der Waals surface area contributed by atoms with E-state index in [1.165, 1.54) is 92.9 Å². The summed E-state index contributed by atoms with van der Waals surface area (Å²) in [6.07, 6.45) is 0. The van der Waals surface area contributed by atoms with Crippen LogP contribution in [0.2, 0.25) is 0 Å². The lowest BCUT2D eigenvalue weighted by atomic mass is 9.81. The minimum absolute atomic E-state index is 0.186. The minimum atomic E-state index is -0.186. The second-order valence-electron chi connectivity index (χ2n) is 15.3. The number of nitrogens with zero attached hydrogens (tertiary/aromatic N) is 1. The van der Waals surface area contributed by atoms with Crippen molar-refractivity contribution in [3.05, 3.63) is 199 Å². The molecule has 0 unspecified atom stereocenters. The molecule has 0 atom stereocenters. The number of benzene rings is 10. The van der Waals surface area contributed by atoms with Crippen LogP contribution < -0.4 is 4.90 Å². The highest BCUT2D eigenvalue weighted by molar-refractivity contribution is 6.26. The van der Waals surface area contributed by atoms with Crippen molar-refractivity contribution in [3.63, 3.8) is 0 Å². The summed E-state index contributed by atoms with van der Waals surface area (Å²) in [5.41, 5.74) is 11.1. The Bertz CT molecular complexity index is 3080. The summed E-state index contributed by atoms with van der Waals surface area (Å²) in [4.78, 5) is 2.54. The third-order valence-corrected chi connectivity index (χ3v) is 12.0. The predicted octanol–water partition coefficient (Wildman–Crippen LogP) is 14.9. The van der Waals surface area contributed by atoms with Gasteiger partial charge in [-0.25, -0.2) is 0 Å². The number of hydrogen-bond acceptors (Lipinski definition) is 1. The van der Waals surface area contributed by atoms with Gasteiger partial charge in [0, 0.05) is 27.7 Å². The third kappa shape index (κ3) is 4.52. The van der Waals surface area contributed by atoms with Crippen LogP contribution >= 0.6 is 0 Å². The Balaban J connectivity index is 1.26. The Hall–Kier alpha value is -6.70. The maximum Gasteiger partial charge on any atom is 0.0621 e. The molecule has 1 heteroatoms. The fourth-order valence-electron chi connectivity index (χ4n) is 9.31. The molecule has 11 rings (SSSR count). The van der Waals surface area contributed by atoms with E-state index in [9.17, 15) is 0 Å². The Morgan fingerprint density at radius 3 is 1.50 bits per heavy atom. The first-order valence-electron chi connectivity index (χ1n) is 18.9. The van der Waals surface area contributed by atoms with Crippen LogP contribution in [-0.4, -0.2) is 0 Å². The zero-order chi connectivity index (χ0) is 36.0. The molecule has 54 heavy (non-hydrogen) atoms. The van der Waals surface area contributed by atoms with Crippen LogP contribution in [0.3, 0.4) is 0 Å². The molecule has 1 aliphatic carbocycles. The smallest absolute Gasteiger partial charge is 0.0621 e. The van der Waals surface area contributed by atoms with Gasteiger partial charge in [0.1, 0.15) is 0 Å². The van der Waals surface area contributed by atoms with E-state index >= 15 is 0 Å². The van der Waals surface area contributed by atoms with Crippen LogP contribution in [0.25, 0.3) is 76.1 Å². The predicted molar refractivity (Wildman–Crippen MR) is 232 cm³/mol. The van der Waals surface area contributed by atoms with Gasteiger partial charge in [-0.05, 0) is 119 Å². The molecule has 10 aromatic carbocycles. The molecule has 0 saturated heterocycles. The topological polar surface area (TPSA) is 3.24 Å². The second-order valence-corrected chi connectivity index (χ2v) is 15.3. The Labute approximate surface area is 315 Å². The number of fused-ring (bicyclic) bond motifs is 11. The van der Waals surface area contributed by atoms with Gasteiger partial charge in [-0.3, -0.25) is 0 Å².